The smallest absolute Gasteiger partial charge is 0.251 e. The number of rotatable bonds is 2. The molecule has 1 amide bonds. The molecule has 3 heteroatoms. The number of carbonyl (C=O) groups excluding carboxylic acids is 1. The van der Waals surface area contributed by atoms with E-state index in [0.717, 1.165) is 0 Å². The number of likely N-dealkylation sites (N-methyl/N-ethyl adjacent to an activating group) is 1. The standard InChI is InChI=1S/C10H10FNO/c1-7(10(13)12-2)8-5-3-4-6-9(8)11/h3-6H,1H2,2H3,(H,12,13). The van der Waals surface area contributed by atoms with E-state index >= 15 is 0 Å². The highest BCUT2D eigenvalue weighted by Gasteiger charge is 2.10. The van der Waals surface area contributed by atoms with E-state index in [1.807, 2.05) is 0 Å². The van der Waals surface area contributed by atoms with E-state index in [-0.39, 0.29) is 17.0 Å². The Morgan fingerprint density at radius 1 is 1.46 bits per heavy atom. The van der Waals surface area contributed by atoms with Crippen LogP contribution in [0.25, 0.3) is 5.57 Å². The molecular weight excluding hydrogens is 169 g/mol. The average Bonchev–Trinajstić information content (AvgIpc) is 2.16. The maximum atomic E-state index is 13.1. The van der Waals surface area contributed by atoms with Crippen molar-refractivity contribution in [1.82, 2.24) is 5.32 Å². The summed E-state index contributed by atoms with van der Waals surface area (Å²) in [5.74, 6) is -0.804. The van der Waals surface area contributed by atoms with Crippen LogP contribution < -0.4 is 5.32 Å². The second-order valence-electron chi connectivity index (χ2n) is 2.54. The Morgan fingerprint density at radius 3 is 2.62 bits per heavy atom. The molecule has 1 aromatic rings. The second kappa shape index (κ2) is 3.85. The molecular formula is C10H10FNO. The van der Waals surface area contributed by atoms with Crippen molar-refractivity contribution in [2.75, 3.05) is 7.05 Å². The van der Waals surface area contributed by atoms with Crippen LogP contribution in [0.1, 0.15) is 5.56 Å². The first kappa shape index (κ1) is 9.45. The van der Waals surface area contributed by atoms with Gasteiger partial charge in [0.1, 0.15) is 5.82 Å². The molecule has 0 unspecified atom stereocenters. The molecule has 1 rings (SSSR count). The van der Waals surface area contributed by atoms with E-state index in [9.17, 15) is 9.18 Å². The van der Waals surface area contributed by atoms with Gasteiger partial charge in [0.15, 0.2) is 0 Å². The Morgan fingerprint density at radius 2 is 2.08 bits per heavy atom. The summed E-state index contributed by atoms with van der Waals surface area (Å²) >= 11 is 0. The topological polar surface area (TPSA) is 29.1 Å². The first-order valence-corrected chi connectivity index (χ1v) is 3.82. The Kier molecular flexibility index (Phi) is 2.80. The van der Waals surface area contributed by atoms with Crippen LogP contribution in [-0.4, -0.2) is 13.0 Å². The molecule has 0 saturated heterocycles. The molecule has 13 heavy (non-hydrogen) atoms. The summed E-state index contributed by atoms with van der Waals surface area (Å²) in [5.41, 5.74) is 0.377. The normalized spacial score (nSPS) is 9.38. The number of benzene rings is 1. The van der Waals surface area contributed by atoms with E-state index in [4.69, 9.17) is 0 Å². The Balaban J connectivity index is 3.02. The van der Waals surface area contributed by atoms with E-state index in [2.05, 4.69) is 11.9 Å². The van der Waals surface area contributed by atoms with Crippen LogP contribution in [-0.2, 0) is 4.79 Å². The number of amides is 1. The van der Waals surface area contributed by atoms with Gasteiger partial charge in [0.05, 0.1) is 0 Å². The fourth-order valence-electron chi connectivity index (χ4n) is 0.979. The van der Waals surface area contributed by atoms with Crippen molar-refractivity contribution in [2.24, 2.45) is 0 Å². The van der Waals surface area contributed by atoms with Gasteiger partial charge in [0.25, 0.3) is 5.91 Å². The minimum absolute atomic E-state index is 0.139. The van der Waals surface area contributed by atoms with Crippen molar-refractivity contribution in [3.05, 3.63) is 42.2 Å². The molecule has 0 aliphatic heterocycles. The molecule has 68 valence electrons. The first-order chi connectivity index (χ1) is 6.16. The van der Waals surface area contributed by atoms with Crippen molar-refractivity contribution < 1.29 is 9.18 Å². The summed E-state index contributed by atoms with van der Waals surface area (Å²) in [6, 6.07) is 6.04. The van der Waals surface area contributed by atoms with E-state index in [1.54, 1.807) is 12.1 Å². The fourth-order valence-corrected chi connectivity index (χ4v) is 0.979. The van der Waals surface area contributed by atoms with E-state index in [0.29, 0.717) is 0 Å². The highest BCUT2D eigenvalue weighted by molar-refractivity contribution is 6.18. The molecule has 0 aliphatic carbocycles. The Bertz CT molecular complexity index is 347. The predicted molar refractivity (Wildman–Crippen MR) is 49.5 cm³/mol. The summed E-state index contributed by atoms with van der Waals surface area (Å²) in [5, 5.41) is 2.39. The summed E-state index contributed by atoms with van der Waals surface area (Å²) in [4.78, 5) is 11.1. The molecule has 0 bridgehead atoms. The van der Waals surface area contributed by atoms with Gasteiger partial charge in [-0.3, -0.25) is 4.79 Å². The lowest BCUT2D eigenvalue weighted by atomic mass is 10.1. The third-order valence-electron chi connectivity index (χ3n) is 1.70. The van der Waals surface area contributed by atoms with Gasteiger partial charge in [-0.2, -0.15) is 0 Å². The van der Waals surface area contributed by atoms with E-state index in [1.165, 1.54) is 19.2 Å². The van der Waals surface area contributed by atoms with Crippen molar-refractivity contribution in [3.63, 3.8) is 0 Å². The molecule has 0 saturated carbocycles. The lowest BCUT2D eigenvalue weighted by Gasteiger charge is -2.04. The minimum Gasteiger partial charge on any atom is -0.355 e. The van der Waals surface area contributed by atoms with Crippen LogP contribution in [0.15, 0.2) is 30.8 Å². The lowest BCUT2D eigenvalue weighted by Crippen LogP contribution is -2.19. The largest absolute Gasteiger partial charge is 0.355 e. The average molecular weight is 179 g/mol. The maximum Gasteiger partial charge on any atom is 0.251 e. The molecule has 1 N–H and O–H groups in total. The lowest BCUT2D eigenvalue weighted by molar-refractivity contribution is -0.115. The zero-order valence-corrected chi connectivity index (χ0v) is 7.30. The molecule has 0 atom stereocenters. The zero-order chi connectivity index (χ0) is 9.84. The second-order valence-corrected chi connectivity index (χ2v) is 2.54. The Hall–Kier alpha value is -1.64. The minimum atomic E-state index is -0.434. The van der Waals surface area contributed by atoms with Crippen molar-refractivity contribution >= 4 is 11.5 Å². The quantitative estimate of drug-likeness (QED) is 0.686. The molecule has 0 aromatic heterocycles. The number of hydrogen-bond donors (Lipinski definition) is 1. The summed E-state index contributed by atoms with van der Waals surface area (Å²) in [6.07, 6.45) is 0. The Labute approximate surface area is 76.1 Å². The summed E-state index contributed by atoms with van der Waals surface area (Å²) in [6.45, 7) is 3.50. The SMILES string of the molecule is C=C(C(=O)NC)c1ccccc1F. The molecule has 0 radical (unpaired) electrons. The van der Waals surface area contributed by atoms with Gasteiger partial charge in [-0.05, 0) is 6.07 Å². The first-order valence-electron chi connectivity index (χ1n) is 3.82. The van der Waals surface area contributed by atoms with Crippen molar-refractivity contribution in [2.45, 2.75) is 0 Å². The summed E-state index contributed by atoms with van der Waals surface area (Å²) < 4.78 is 13.1. The molecule has 0 spiro atoms. The third kappa shape index (κ3) is 1.93. The zero-order valence-electron chi connectivity index (χ0n) is 7.30. The van der Waals surface area contributed by atoms with Gasteiger partial charge in [-0.1, -0.05) is 24.8 Å². The fraction of sp³-hybridized carbons (Fsp3) is 0.100. The highest BCUT2D eigenvalue weighted by Crippen LogP contribution is 2.15. The van der Waals surface area contributed by atoms with Crippen LogP contribution in [0.5, 0.6) is 0 Å². The van der Waals surface area contributed by atoms with Gasteiger partial charge < -0.3 is 5.32 Å². The van der Waals surface area contributed by atoms with Crippen LogP contribution in [0.3, 0.4) is 0 Å². The predicted octanol–water partition coefficient (Wildman–Crippen LogP) is 1.58. The van der Waals surface area contributed by atoms with Crippen molar-refractivity contribution in [3.8, 4) is 0 Å². The van der Waals surface area contributed by atoms with Crippen molar-refractivity contribution in [1.29, 1.82) is 0 Å². The number of nitrogens with one attached hydrogen (secondary N) is 1. The highest BCUT2D eigenvalue weighted by atomic mass is 19.1. The number of halogens is 1. The van der Waals surface area contributed by atoms with Gasteiger partial charge in [-0.15, -0.1) is 0 Å². The van der Waals surface area contributed by atoms with Crippen LogP contribution >= 0.6 is 0 Å². The number of carbonyl (C=O) groups is 1. The molecule has 1 aromatic carbocycles. The maximum absolute atomic E-state index is 13.1. The van der Waals surface area contributed by atoms with Crippen LogP contribution in [0, 0.1) is 5.82 Å². The molecule has 0 fully saturated rings. The van der Waals surface area contributed by atoms with Crippen LogP contribution in [0.2, 0.25) is 0 Å². The van der Waals surface area contributed by atoms with Gasteiger partial charge >= 0.3 is 0 Å². The van der Waals surface area contributed by atoms with Gasteiger partial charge in [0, 0.05) is 18.2 Å². The monoisotopic (exact) mass is 179 g/mol. The third-order valence-corrected chi connectivity index (χ3v) is 1.70. The van der Waals surface area contributed by atoms with Crippen LogP contribution in [0.4, 0.5) is 4.39 Å². The summed E-state index contributed by atoms with van der Waals surface area (Å²) in [7, 11) is 1.48. The molecule has 0 heterocycles. The van der Waals surface area contributed by atoms with Gasteiger partial charge in [-0.25, -0.2) is 4.39 Å². The van der Waals surface area contributed by atoms with E-state index < -0.39 is 5.82 Å². The molecule has 2 nitrogen and oxygen atoms in total. The van der Waals surface area contributed by atoms with Gasteiger partial charge in [0.2, 0.25) is 0 Å². The molecule has 0 aliphatic rings. The number of hydrogen-bond acceptors (Lipinski definition) is 1.